The van der Waals surface area contributed by atoms with Crippen LogP contribution >= 0.6 is 11.8 Å². The van der Waals surface area contributed by atoms with Gasteiger partial charge < -0.3 is 10.1 Å². The Labute approximate surface area is 101 Å². The van der Waals surface area contributed by atoms with Gasteiger partial charge in [0.1, 0.15) is 0 Å². The lowest BCUT2D eigenvalue weighted by molar-refractivity contribution is 0.397. The fraction of sp³-hybridized carbons (Fsp3) is 0.636. The van der Waals surface area contributed by atoms with E-state index in [0.29, 0.717) is 11.8 Å². The Kier molecular flexibility index (Phi) is 6.72. The van der Waals surface area contributed by atoms with Crippen LogP contribution < -0.4 is 10.1 Å². The summed E-state index contributed by atoms with van der Waals surface area (Å²) in [5.41, 5.74) is 0. The van der Waals surface area contributed by atoms with Gasteiger partial charge in [-0.25, -0.2) is 4.98 Å². The first-order valence-corrected chi connectivity index (χ1v) is 6.86. The number of rotatable bonds is 8. The van der Waals surface area contributed by atoms with Crippen LogP contribution in [0.1, 0.15) is 19.3 Å². The standard InChI is InChI=1S/C11H19N3OS/c1-15-10-6-8-13-11(14-10)12-7-4-3-5-9-16-2/h6,8H,3-5,7,9H2,1-2H3,(H,12,13,14). The number of nitrogens with zero attached hydrogens (tertiary/aromatic N) is 2. The Morgan fingerprint density at radius 1 is 1.38 bits per heavy atom. The zero-order valence-corrected chi connectivity index (χ0v) is 10.7. The minimum Gasteiger partial charge on any atom is -0.481 e. The van der Waals surface area contributed by atoms with Crippen molar-refractivity contribution >= 4 is 17.7 Å². The monoisotopic (exact) mass is 241 g/mol. The molecule has 1 aromatic rings. The molecule has 1 rings (SSSR count). The predicted molar refractivity (Wildman–Crippen MR) is 69.3 cm³/mol. The molecule has 4 nitrogen and oxygen atoms in total. The first-order valence-electron chi connectivity index (χ1n) is 5.46. The summed E-state index contributed by atoms with van der Waals surface area (Å²) in [5, 5.41) is 3.19. The molecule has 5 heteroatoms. The molecular formula is C11H19N3OS. The molecule has 0 aliphatic heterocycles. The van der Waals surface area contributed by atoms with Crippen molar-refractivity contribution in [1.29, 1.82) is 0 Å². The maximum Gasteiger partial charge on any atom is 0.225 e. The highest BCUT2D eigenvalue weighted by Crippen LogP contribution is 2.07. The second-order valence-electron chi connectivity index (χ2n) is 3.40. The first-order chi connectivity index (χ1) is 7.86. The molecule has 1 aromatic heterocycles. The Bertz CT molecular complexity index is 296. The van der Waals surface area contributed by atoms with Gasteiger partial charge >= 0.3 is 0 Å². The Balaban J connectivity index is 2.16. The molecule has 0 radical (unpaired) electrons. The van der Waals surface area contributed by atoms with Crippen molar-refractivity contribution in [3.63, 3.8) is 0 Å². The van der Waals surface area contributed by atoms with Gasteiger partial charge in [-0.1, -0.05) is 6.42 Å². The molecule has 16 heavy (non-hydrogen) atoms. The summed E-state index contributed by atoms with van der Waals surface area (Å²) in [7, 11) is 1.61. The van der Waals surface area contributed by atoms with Gasteiger partial charge in [0.2, 0.25) is 11.8 Å². The van der Waals surface area contributed by atoms with Gasteiger partial charge in [0.05, 0.1) is 7.11 Å². The van der Waals surface area contributed by atoms with Gasteiger partial charge in [-0.2, -0.15) is 16.7 Å². The third kappa shape index (κ3) is 5.21. The molecule has 90 valence electrons. The van der Waals surface area contributed by atoms with Gasteiger partial charge in [0, 0.05) is 18.8 Å². The quantitative estimate of drug-likeness (QED) is 0.708. The molecule has 0 aliphatic rings. The number of unbranched alkanes of at least 4 members (excludes halogenated alkanes) is 2. The van der Waals surface area contributed by atoms with E-state index < -0.39 is 0 Å². The van der Waals surface area contributed by atoms with Gasteiger partial charge in [-0.05, 0) is 24.9 Å². The average molecular weight is 241 g/mol. The molecule has 0 aliphatic carbocycles. The van der Waals surface area contributed by atoms with Crippen molar-refractivity contribution < 1.29 is 4.74 Å². The SMILES string of the molecule is COc1ccnc(NCCCCCSC)n1. The molecule has 0 saturated heterocycles. The summed E-state index contributed by atoms with van der Waals surface area (Å²) in [4.78, 5) is 8.29. The summed E-state index contributed by atoms with van der Waals surface area (Å²) in [5.74, 6) is 2.49. The zero-order valence-electron chi connectivity index (χ0n) is 9.90. The molecule has 0 saturated carbocycles. The van der Waals surface area contributed by atoms with Crippen LogP contribution in [-0.2, 0) is 0 Å². The van der Waals surface area contributed by atoms with Crippen LogP contribution in [0.15, 0.2) is 12.3 Å². The smallest absolute Gasteiger partial charge is 0.225 e. The third-order valence-corrected chi connectivity index (χ3v) is 2.84. The zero-order chi connectivity index (χ0) is 11.6. The Hall–Kier alpha value is -0.970. The second-order valence-corrected chi connectivity index (χ2v) is 4.39. The molecule has 1 heterocycles. The molecule has 1 N–H and O–H groups in total. The Morgan fingerprint density at radius 3 is 3.00 bits per heavy atom. The van der Waals surface area contributed by atoms with Crippen LogP contribution in [0.2, 0.25) is 0 Å². The lowest BCUT2D eigenvalue weighted by Gasteiger charge is -2.05. The lowest BCUT2D eigenvalue weighted by Crippen LogP contribution is -2.05. The highest BCUT2D eigenvalue weighted by Gasteiger charge is 1.97. The minimum absolute atomic E-state index is 0.597. The van der Waals surface area contributed by atoms with Crippen molar-refractivity contribution in [2.24, 2.45) is 0 Å². The average Bonchev–Trinajstić information content (AvgIpc) is 2.34. The van der Waals surface area contributed by atoms with E-state index in [2.05, 4.69) is 21.5 Å². The maximum atomic E-state index is 5.02. The van der Waals surface area contributed by atoms with Gasteiger partial charge in [-0.15, -0.1) is 0 Å². The fourth-order valence-electron chi connectivity index (χ4n) is 1.29. The van der Waals surface area contributed by atoms with E-state index in [0.717, 1.165) is 13.0 Å². The minimum atomic E-state index is 0.597. The number of ether oxygens (including phenoxy) is 1. The van der Waals surface area contributed by atoms with Crippen molar-refractivity contribution in [2.75, 3.05) is 31.0 Å². The van der Waals surface area contributed by atoms with Gasteiger partial charge in [0.15, 0.2) is 0 Å². The topological polar surface area (TPSA) is 47.0 Å². The highest BCUT2D eigenvalue weighted by molar-refractivity contribution is 7.98. The van der Waals surface area contributed by atoms with E-state index in [1.807, 2.05) is 11.8 Å². The second kappa shape index (κ2) is 8.21. The summed E-state index contributed by atoms with van der Waals surface area (Å²) in [6.45, 7) is 0.918. The molecule has 0 unspecified atom stereocenters. The summed E-state index contributed by atoms with van der Waals surface area (Å²) in [6.07, 6.45) is 7.52. The number of aromatic nitrogens is 2. The summed E-state index contributed by atoms with van der Waals surface area (Å²) in [6, 6.07) is 1.74. The number of nitrogens with one attached hydrogen (secondary N) is 1. The fourth-order valence-corrected chi connectivity index (χ4v) is 1.78. The van der Waals surface area contributed by atoms with Crippen molar-refractivity contribution in [1.82, 2.24) is 9.97 Å². The van der Waals surface area contributed by atoms with E-state index in [4.69, 9.17) is 4.74 Å². The predicted octanol–water partition coefficient (Wildman–Crippen LogP) is 2.43. The maximum absolute atomic E-state index is 5.02. The van der Waals surface area contributed by atoms with Crippen LogP contribution in [0.4, 0.5) is 5.95 Å². The van der Waals surface area contributed by atoms with Crippen LogP contribution in [-0.4, -0.2) is 35.6 Å². The molecule has 0 fully saturated rings. The van der Waals surface area contributed by atoms with Crippen molar-refractivity contribution in [2.45, 2.75) is 19.3 Å². The molecule has 0 atom stereocenters. The number of hydrogen-bond acceptors (Lipinski definition) is 5. The molecular weight excluding hydrogens is 222 g/mol. The van der Waals surface area contributed by atoms with Gasteiger partial charge in [0.25, 0.3) is 0 Å². The van der Waals surface area contributed by atoms with E-state index >= 15 is 0 Å². The van der Waals surface area contributed by atoms with E-state index in [-0.39, 0.29) is 0 Å². The largest absolute Gasteiger partial charge is 0.481 e. The number of hydrogen-bond donors (Lipinski definition) is 1. The van der Waals surface area contributed by atoms with Crippen LogP contribution in [0, 0.1) is 0 Å². The summed E-state index contributed by atoms with van der Waals surface area (Å²) < 4.78 is 5.02. The van der Waals surface area contributed by atoms with E-state index in [1.165, 1.54) is 18.6 Å². The van der Waals surface area contributed by atoms with Crippen LogP contribution in [0.5, 0.6) is 5.88 Å². The third-order valence-electron chi connectivity index (χ3n) is 2.15. The molecule has 0 spiro atoms. The van der Waals surface area contributed by atoms with Crippen LogP contribution in [0.3, 0.4) is 0 Å². The van der Waals surface area contributed by atoms with Crippen molar-refractivity contribution in [3.8, 4) is 5.88 Å². The van der Waals surface area contributed by atoms with E-state index in [1.54, 1.807) is 19.4 Å². The number of thioether (sulfide) groups is 1. The highest BCUT2D eigenvalue weighted by atomic mass is 32.2. The molecule has 0 amide bonds. The number of anilines is 1. The first kappa shape index (κ1) is 13.1. The normalized spacial score (nSPS) is 10.1. The molecule has 0 bridgehead atoms. The number of methoxy groups -OCH3 is 1. The van der Waals surface area contributed by atoms with Crippen molar-refractivity contribution in [3.05, 3.63) is 12.3 Å². The van der Waals surface area contributed by atoms with Crippen LogP contribution in [0.25, 0.3) is 0 Å². The van der Waals surface area contributed by atoms with E-state index in [9.17, 15) is 0 Å². The molecule has 0 aromatic carbocycles. The lowest BCUT2D eigenvalue weighted by atomic mass is 10.2. The van der Waals surface area contributed by atoms with Gasteiger partial charge in [-0.3, -0.25) is 0 Å². The Morgan fingerprint density at radius 2 is 2.25 bits per heavy atom. The summed E-state index contributed by atoms with van der Waals surface area (Å²) >= 11 is 1.90.